The van der Waals surface area contributed by atoms with Crippen LogP contribution in [0.3, 0.4) is 0 Å². The lowest BCUT2D eigenvalue weighted by atomic mass is 10.00. The summed E-state index contributed by atoms with van der Waals surface area (Å²) >= 11 is 0. The molecule has 0 saturated carbocycles. The average Bonchev–Trinajstić information content (AvgIpc) is 2.14. The molecule has 94 valence electrons. The van der Waals surface area contributed by atoms with E-state index in [1.54, 1.807) is 4.90 Å². The number of rotatable bonds is 1. The molecule has 2 atom stereocenters. The zero-order chi connectivity index (χ0) is 12.3. The molecule has 1 fully saturated rings. The maximum absolute atomic E-state index is 11.8. The minimum absolute atomic E-state index is 0.216. The Morgan fingerprint density at radius 3 is 2.56 bits per heavy atom. The predicted molar refractivity (Wildman–Crippen MR) is 64.5 cm³/mol. The van der Waals surface area contributed by atoms with Crippen molar-refractivity contribution in [2.24, 2.45) is 0 Å². The number of hydrogen-bond acceptors (Lipinski definition) is 3. The number of ether oxygens (including phenoxy) is 1. The number of carbonyl (C=O) groups excluding carboxylic acids is 1. The summed E-state index contributed by atoms with van der Waals surface area (Å²) in [4.78, 5) is 13.6. The first-order valence-corrected chi connectivity index (χ1v) is 5.99. The van der Waals surface area contributed by atoms with Crippen molar-refractivity contribution in [1.82, 2.24) is 10.2 Å². The fourth-order valence-electron chi connectivity index (χ4n) is 1.94. The van der Waals surface area contributed by atoms with Crippen molar-refractivity contribution in [3.05, 3.63) is 0 Å². The van der Waals surface area contributed by atoms with Crippen LogP contribution in [0.4, 0.5) is 4.79 Å². The molecule has 1 saturated heterocycles. The number of amides is 1. The molecule has 0 bridgehead atoms. The van der Waals surface area contributed by atoms with Crippen LogP contribution in [-0.2, 0) is 4.74 Å². The highest BCUT2D eigenvalue weighted by molar-refractivity contribution is 5.68. The van der Waals surface area contributed by atoms with Gasteiger partial charge in [0, 0.05) is 19.1 Å². The van der Waals surface area contributed by atoms with Gasteiger partial charge in [-0.25, -0.2) is 4.79 Å². The van der Waals surface area contributed by atoms with Crippen LogP contribution in [0.1, 0.15) is 40.5 Å². The van der Waals surface area contributed by atoms with Gasteiger partial charge >= 0.3 is 6.09 Å². The standard InChI is InChI=1S/C12H24N2O2/c1-9-8-10(6-7-13-9)14(5)11(15)16-12(2,3)4/h9-10,13H,6-8H2,1-5H3. The monoisotopic (exact) mass is 228 g/mol. The average molecular weight is 228 g/mol. The molecular weight excluding hydrogens is 204 g/mol. The van der Waals surface area contributed by atoms with Crippen LogP contribution in [0.25, 0.3) is 0 Å². The highest BCUT2D eigenvalue weighted by Gasteiger charge is 2.28. The van der Waals surface area contributed by atoms with Crippen molar-refractivity contribution >= 4 is 6.09 Å². The molecule has 1 N–H and O–H groups in total. The predicted octanol–water partition coefficient (Wildman–Crippen LogP) is 1.99. The third kappa shape index (κ3) is 4.00. The second kappa shape index (κ2) is 5.04. The van der Waals surface area contributed by atoms with Crippen molar-refractivity contribution in [3.63, 3.8) is 0 Å². The second-order valence-electron chi connectivity index (χ2n) is 5.62. The molecule has 1 aliphatic rings. The van der Waals surface area contributed by atoms with E-state index < -0.39 is 5.60 Å². The van der Waals surface area contributed by atoms with Crippen molar-refractivity contribution < 1.29 is 9.53 Å². The Morgan fingerprint density at radius 1 is 1.44 bits per heavy atom. The van der Waals surface area contributed by atoms with Gasteiger partial charge in [0.05, 0.1) is 0 Å². The van der Waals surface area contributed by atoms with E-state index in [2.05, 4.69) is 12.2 Å². The van der Waals surface area contributed by atoms with Gasteiger partial charge in [-0.3, -0.25) is 0 Å². The number of nitrogens with one attached hydrogen (secondary N) is 1. The molecule has 1 amide bonds. The van der Waals surface area contributed by atoms with Crippen molar-refractivity contribution in [1.29, 1.82) is 0 Å². The van der Waals surface area contributed by atoms with E-state index in [9.17, 15) is 4.79 Å². The van der Waals surface area contributed by atoms with Gasteiger partial charge in [0.25, 0.3) is 0 Å². The fraction of sp³-hybridized carbons (Fsp3) is 0.917. The molecule has 0 spiro atoms. The molecule has 1 aliphatic heterocycles. The molecule has 2 unspecified atom stereocenters. The molecule has 0 radical (unpaired) electrons. The van der Waals surface area contributed by atoms with Gasteiger partial charge in [-0.2, -0.15) is 0 Å². The zero-order valence-corrected chi connectivity index (χ0v) is 11.0. The van der Waals surface area contributed by atoms with E-state index in [1.807, 2.05) is 27.8 Å². The number of piperidine rings is 1. The van der Waals surface area contributed by atoms with Crippen LogP contribution in [-0.4, -0.2) is 42.3 Å². The van der Waals surface area contributed by atoms with Gasteiger partial charge in [0.2, 0.25) is 0 Å². The van der Waals surface area contributed by atoms with Crippen LogP contribution in [0.15, 0.2) is 0 Å². The SMILES string of the molecule is CC1CC(N(C)C(=O)OC(C)(C)C)CCN1. The summed E-state index contributed by atoms with van der Waals surface area (Å²) in [6.07, 6.45) is 1.78. The number of nitrogens with zero attached hydrogens (tertiary/aromatic N) is 1. The first-order chi connectivity index (χ1) is 7.29. The number of carbonyl (C=O) groups is 1. The molecule has 4 nitrogen and oxygen atoms in total. The molecule has 4 heteroatoms. The maximum Gasteiger partial charge on any atom is 0.410 e. The summed E-state index contributed by atoms with van der Waals surface area (Å²) in [7, 11) is 1.83. The van der Waals surface area contributed by atoms with E-state index in [0.29, 0.717) is 12.1 Å². The summed E-state index contributed by atoms with van der Waals surface area (Å²) < 4.78 is 5.35. The van der Waals surface area contributed by atoms with Gasteiger partial charge in [0.1, 0.15) is 5.60 Å². The molecule has 1 rings (SSSR count). The lowest BCUT2D eigenvalue weighted by Gasteiger charge is -2.35. The summed E-state index contributed by atoms with van der Waals surface area (Å²) in [5.41, 5.74) is -0.413. The topological polar surface area (TPSA) is 41.6 Å². The maximum atomic E-state index is 11.8. The first kappa shape index (κ1) is 13.3. The minimum atomic E-state index is -0.413. The smallest absolute Gasteiger partial charge is 0.410 e. The van der Waals surface area contributed by atoms with E-state index in [0.717, 1.165) is 19.4 Å². The summed E-state index contributed by atoms with van der Waals surface area (Å²) in [6, 6.07) is 0.773. The molecule has 0 aromatic carbocycles. The second-order valence-corrected chi connectivity index (χ2v) is 5.62. The highest BCUT2D eigenvalue weighted by atomic mass is 16.6. The summed E-state index contributed by atoms with van der Waals surface area (Å²) in [6.45, 7) is 8.80. The molecule has 16 heavy (non-hydrogen) atoms. The minimum Gasteiger partial charge on any atom is -0.444 e. The van der Waals surface area contributed by atoms with Gasteiger partial charge in [-0.15, -0.1) is 0 Å². The van der Waals surface area contributed by atoms with Gasteiger partial charge < -0.3 is 15.0 Å². The van der Waals surface area contributed by atoms with E-state index in [1.165, 1.54) is 0 Å². The van der Waals surface area contributed by atoms with Crippen molar-refractivity contribution in [2.75, 3.05) is 13.6 Å². The Hall–Kier alpha value is -0.770. The normalized spacial score (nSPS) is 26.3. The summed E-state index contributed by atoms with van der Waals surface area (Å²) in [5.74, 6) is 0. The Labute approximate surface area is 98.3 Å². The van der Waals surface area contributed by atoms with Crippen LogP contribution < -0.4 is 5.32 Å². The van der Waals surface area contributed by atoms with Crippen molar-refractivity contribution in [3.8, 4) is 0 Å². The first-order valence-electron chi connectivity index (χ1n) is 5.99. The van der Waals surface area contributed by atoms with Crippen LogP contribution in [0.5, 0.6) is 0 Å². The Balaban J connectivity index is 2.49. The van der Waals surface area contributed by atoms with Gasteiger partial charge in [-0.05, 0) is 47.1 Å². The van der Waals surface area contributed by atoms with E-state index in [-0.39, 0.29) is 6.09 Å². The van der Waals surface area contributed by atoms with Gasteiger partial charge in [-0.1, -0.05) is 0 Å². The molecule has 1 heterocycles. The molecule has 0 aromatic rings. The summed E-state index contributed by atoms with van der Waals surface area (Å²) in [5, 5.41) is 3.38. The number of hydrogen-bond donors (Lipinski definition) is 1. The Morgan fingerprint density at radius 2 is 2.06 bits per heavy atom. The van der Waals surface area contributed by atoms with Crippen LogP contribution in [0, 0.1) is 0 Å². The highest BCUT2D eigenvalue weighted by Crippen LogP contribution is 2.17. The van der Waals surface area contributed by atoms with Crippen molar-refractivity contribution in [2.45, 2.75) is 58.2 Å². The van der Waals surface area contributed by atoms with Crippen LogP contribution >= 0.6 is 0 Å². The lowest BCUT2D eigenvalue weighted by Crippen LogP contribution is -2.48. The Bertz CT molecular complexity index is 248. The quantitative estimate of drug-likeness (QED) is 0.746. The largest absolute Gasteiger partial charge is 0.444 e. The van der Waals surface area contributed by atoms with Crippen LogP contribution in [0.2, 0.25) is 0 Å². The third-order valence-electron chi connectivity index (χ3n) is 2.83. The molecule has 0 aromatic heterocycles. The lowest BCUT2D eigenvalue weighted by molar-refractivity contribution is 0.0182. The third-order valence-corrected chi connectivity index (χ3v) is 2.83. The zero-order valence-electron chi connectivity index (χ0n) is 11.0. The van der Waals surface area contributed by atoms with E-state index in [4.69, 9.17) is 4.74 Å². The molecule has 0 aliphatic carbocycles. The Kier molecular flexibility index (Phi) is 4.19. The molecular formula is C12H24N2O2. The van der Waals surface area contributed by atoms with Gasteiger partial charge in [0.15, 0.2) is 0 Å². The van der Waals surface area contributed by atoms with E-state index >= 15 is 0 Å². The fourth-order valence-corrected chi connectivity index (χ4v) is 1.94.